The van der Waals surface area contributed by atoms with Crippen molar-refractivity contribution in [3.8, 4) is 0 Å². The second kappa shape index (κ2) is 10.8. The Hall–Kier alpha value is -1.91. The van der Waals surface area contributed by atoms with Gasteiger partial charge in [-0.1, -0.05) is 74.4 Å². The Kier molecular flexibility index (Phi) is 7.55. The van der Waals surface area contributed by atoms with Gasteiger partial charge in [-0.15, -0.1) is 0 Å². The third kappa shape index (κ3) is 4.90. The van der Waals surface area contributed by atoms with Crippen molar-refractivity contribution in [1.82, 2.24) is 0 Å². The summed E-state index contributed by atoms with van der Waals surface area (Å²) in [5, 5.41) is 4.65. The van der Waals surface area contributed by atoms with E-state index in [1.54, 1.807) is 15.9 Å². The molecule has 1 spiro atoms. The van der Waals surface area contributed by atoms with Crippen molar-refractivity contribution < 1.29 is 0 Å². The molecule has 0 amide bonds. The molecule has 0 bridgehead atoms. The minimum atomic E-state index is -1.69. The van der Waals surface area contributed by atoms with Crippen molar-refractivity contribution in [1.29, 1.82) is 0 Å². The molecular weight excluding hydrogens is 427 g/mol. The lowest BCUT2D eigenvalue weighted by Gasteiger charge is -2.45. The van der Waals surface area contributed by atoms with Gasteiger partial charge in [-0.25, -0.2) is 0 Å². The summed E-state index contributed by atoms with van der Waals surface area (Å²) in [6.07, 6.45) is 15.9. The van der Waals surface area contributed by atoms with E-state index in [0.29, 0.717) is 5.41 Å². The van der Waals surface area contributed by atoms with Crippen molar-refractivity contribution in [3.63, 3.8) is 0 Å². The van der Waals surface area contributed by atoms with Crippen molar-refractivity contribution in [2.75, 3.05) is 6.16 Å². The highest BCUT2D eigenvalue weighted by molar-refractivity contribution is 7.95. The fraction of sp³-hybridized carbons (Fsp3) is 0.455. The Morgan fingerprint density at radius 1 is 0.588 bits per heavy atom. The molecule has 0 aliphatic heterocycles. The van der Waals surface area contributed by atoms with E-state index in [4.69, 9.17) is 0 Å². The fourth-order valence-electron chi connectivity index (χ4n) is 7.16. The van der Waals surface area contributed by atoms with Crippen LogP contribution in [-0.4, -0.2) is 6.16 Å². The van der Waals surface area contributed by atoms with Crippen LogP contribution in [0.5, 0.6) is 0 Å². The van der Waals surface area contributed by atoms with Crippen LogP contribution in [0.3, 0.4) is 0 Å². The fourth-order valence-corrected chi connectivity index (χ4v) is 11.9. The molecule has 0 radical (unpaired) electrons. The maximum Gasteiger partial charge on any atom is 0.112 e. The second-order valence-electron chi connectivity index (χ2n) is 11.2. The van der Waals surface area contributed by atoms with Crippen LogP contribution in [0.25, 0.3) is 0 Å². The van der Waals surface area contributed by atoms with Gasteiger partial charge in [0.25, 0.3) is 0 Å². The maximum atomic E-state index is 2.41. The first kappa shape index (κ1) is 23.8. The molecule has 0 saturated heterocycles. The summed E-state index contributed by atoms with van der Waals surface area (Å²) < 4.78 is 0. The van der Waals surface area contributed by atoms with Crippen LogP contribution in [0, 0.1) is 17.3 Å². The predicted molar refractivity (Wildman–Crippen MR) is 151 cm³/mol. The lowest BCUT2D eigenvalue weighted by Crippen LogP contribution is -2.38. The summed E-state index contributed by atoms with van der Waals surface area (Å²) in [5.74, 6) is 1.84. The van der Waals surface area contributed by atoms with Gasteiger partial charge in [-0.2, -0.15) is 0 Å². The molecule has 2 aliphatic carbocycles. The zero-order valence-corrected chi connectivity index (χ0v) is 21.9. The monoisotopic (exact) mass is 469 g/mol. The van der Waals surface area contributed by atoms with Crippen molar-refractivity contribution in [3.05, 3.63) is 91.0 Å². The average molecular weight is 470 g/mol. The van der Waals surface area contributed by atoms with Crippen LogP contribution < -0.4 is 15.9 Å². The van der Waals surface area contributed by atoms with Crippen molar-refractivity contribution >= 4 is 23.2 Å². The van der Waals surface area contributed by atoms with E-state index in [-0.39, 0.29) is 0 Å². The van der Waals surface area contributed by atoms with Gasteiger partial charge < -0.3 is 0 Å². The molecule has 0 N–H and O–H groups in total. The largest absolute Gasteiger partial charge is 0.112 e. The van der Waals surface area contributed by atoms with Gasteiger partial charge in [-0.05, 0) is 105 Å². The second-order valence-corrected chi connectivity index (χ2v) is 14.7. The Labute approximate surface area is 208 Å². The van der Waals surface area contributed by atoms with E-state index < -0.39 is 7.26 Å². The maximum absolute atomic E-state index is 2.41. The molecule has 0 atom stereocenters. The van der Waals surface area contributed by atoms with Crippen LogP contribution in [0.2, 0.25) is 0 Å². The number of hydrogen-bond donors (Lipinski definition) is 0. The van der Waals surface area contributed by atoms with Gasteiger partial charge in [0.2, 0.25) is 0 Å². The summed E-state index contributed by atoms with van der Waals surface area (Å²) >= 11 is 0. The molecule has 3 aromatic carbocycles. The molecule has 2 aliphatic rings. The van der Waals surface area contributed by atoms with Gasteiger partial charge in [0, 0.05) is 0 Å². The quantitative estimate of drug-likeness (QED) is 0.306. The van der Waals surface area contributed by atoms with Gasteiger partial charge in [0.1, 0.15) is 23.2 Å². The SMILES string of the molecule is CCCC1CCC2(CC1)CCC(C[P+](c1ccccc1)(c1ccccc1)c1ccccc1)CC2. The first-order valence-corrected chi connectivity index (χ1v) is 15.8. The van der Waals surface area contributed by atoms with Crippen LogP contribution >= 0.6 is 7.26 Å². The lowest BCUT2D eigenvalue weighted by atomic mass is 9.61. The first-order chi connectivity index (χ1) is 16.7. The highest BCUT2D eigenvalue weighted by Gasteiger charge is 2.48. The summed E-state index contributed by atoms with van der Waals surface area (Å²) in [6.45, 7) is 2.36. The summed E-state index contributed by atoms with van der Waals surface area (Å²) in [6, 6.07) is 34.5. The minimum absolute atomic E-state index is 0.675. The van der Waals surface area contributed by atoms with Crippen molar-refractivity contribution in [2.24, 2.45) is 17.3 Å². The number of hydrogen-bond acceptors (Lipinski definition) is 0. The molecular formula is C33H42P+. The van der Waals surface area contributed by atoms with Gasteiger partial charge >= 0.3 is 0 Å². The number of benzene rings is 3. The Morgan fingerprint density at radius 3 is 1.35 bits per heavy atom. The van der Waals surface area contributed by atoms with E-state index in [2.05, 4.69) is 97.9 Å². The molecule has 0 nitrogen and oxygen atoms in total. The Bertz CT molecular complexity index is 896. The molecule has 34 heavy (non-hydrogen) atoms. The van der Waals surface area contributed by atoms with Gasteiger partial charge in [0.15, 0.2) is 0 Å². The molecule has 178 valence electrons. The third-order valence-electron chi connectivity index (χ3n) is 9.15. The van der Waals surface area contributed by atoms with Crippen LogP contribution in [0.15, 0.2) is 91.0 Å². The number of rotatable bonds is 7. The van der Waals surface area contributed by atoms with Gasteiger partial charge in [0.05, 0.1) is 6.16 Å². The van der Waals surface area contributed by atoms with Gasteiger partial charge in [-0.3, -0.25) is 0 Å². The minimum Gasteiger partial charge on any atom is -0.0654 e. The predicted octanol–water partition coefficient (Wildman–Crippen LogP) is 8.15. The van der Waals surface area contributed by atoms with E-state index in [1.807, 2.05) is 0 Å². The van der Waals surface area contributed by atoms with E-state index in [0.717, 1.165) is 11.8 Å². The molecule has 0 heterocycles. The van der Waals surface area contributed by atoms with Crippen molar-refractivity contribution in [2.45, 2.75) is 71.1 Å². The lowest BCUT2D eigenvalue weighted by molar-refractivity contribution is 0.0777. The third-order valence-corrected chi connectivity index (χ3v) is 13.8. The summed E-state index contributed by atoms with van der Waals surface area (Å²) in [5.41, 5.74) is 0.675. The topological polar surface area (TPSA) is 0 Å². The Morgan fingerprint density at radius 2 is 0.971 bits per heavy atom. The molecule has 2 fully saturated rings. The molecule has 5 rings (SSSR count). The average Bonchev–Trinajstić information content (AvgIpc) is 2.92. The molecule has 3 aromatic rings. The standard InChI is InChI=1S/C33H42P/c1-2-12-28-19-23-33(24-20-28)25-21-29(22-26-33)27-34(30-13-6-3-7-14-30,31-15-8-4-9-16-31)32-17-10-5-11-18-32/h3-11,13-18,28-29H,2,12,19-27H2,1H3/q+1. The molecule has 1 heteroatoms. The highest BCUT2D eigenvalue weighted by Crippen LogP contribution is 2.60. The first-order valence-electron chi connectivity index (χ1n) is 13.8. The summed E-state index contributed by atoms with van der Waals surface area (Å²) in [7, 11) is -1.69. The molecule has 0 unspecified atom stereocenters. The zero-order valence-electron chi connectivity index (χ0n) is 21.0. The highest BCUT2D eigenvalue weighted by atomic mass is 31.2. The Balaban J connectivity index is 1.43. The van der Waals surface area contributed by atoms with E-state index >= 15 is 0 Å². The van der Waals surface area contributed by atoms with Crippen LogP contribution in [0.1, 0.15) is 71.1 Å². The van der Waals surface area contributed by atoms with Crippen LogP contribution in [-0.2, 0) is 0 Å². The normalized spacial score (nSPS) is 25.3. The zero-order chi connectivity index (χ0) is 23.3. The van der Waals surface area contributed by atoms with E-state index in [1.165, 1.54) is 70.4 Å². The van der Waals surface area contributed by atoms with Crippen LogP contribution in [0.4, 0.5) is 0 Å². The smallest absolute Gasteiger partial charge is 0.0654 e. The molecule has 0 aromatic heterocycles. The summed E-state index contributed by atoms with van der Waals surface area (Å²) in [4.78, 5) is 0. The van der Waals surface area contributed by atoms with E-state index in [9.17, 15) is 0 Å². The molecule has 2 saturated carbocycles.